The summed E-state index contributed by atoms with van der Waals surface area (Å²) >= 11 is 1.09. The molecule has 1 atom stereocenters. The zero-order valence-corrected chi connectivity index (χ0v) is 12.5. The van der Waals surface area contributed by atoms with Gasteiger partial charge in [0, 0.05) is 5.69 Å². The minimum atomic E-state index is -0.552. The van der Waals surface area contributed by atoms with E-state index in [-0.39, 0.29) is 29.9 Å². The third-order valence-corrected chi connectivity index (χ3v) is 3.46. The van der Waals surface area contributed by atoms with E-state index < -0.39 is 11.2 Å². The largest absolute Gasteiger partial charge is 0.457 e. The predicted molar refractivity (Wildman–Crippen MR) is 78.6 cm³/mol. The second-order valence-corrected chi connectivity index (χ2v) is 5.65. The summed E-state index contributed by atoms with van der Waals surface area (Å²) < 4.78 is 17.5. The van der Waals surface area contributed by atoms with Gasteiger partial charge in [0.2, 0.25) is 5.91 Å². The number of amides is 1. The molecule has 0 saturated heterocycles. The Labute approximate surface area is 126 Å². The average Bonchev–Trinajstić information content (AvgIpc) is 2.44. The van der Waals surface area contributed by atoms with Gasteiger partial charge in [-0.05, 0) is 38.1 Å². The van der Waals surface area contributed by atoms with Gasteiger partial charge in [0.15, 0.2) is 5.78 Å². The first-order valence-corrected chi connectivity index (χ1v) is 7.26. The molecule has 21 heavy (non-hydrogen) atoms. The lowest BCUT2D eigenvalue weighted by atomic mass is 10.3. The van der Waals surface area contributed by atoms with Gasteiger partial charge in [0.05, 0.1) is 5.75 Å². The Morgan fingerprint density at radius 2 is 1.90 bits per heavy atom. The van der Waals surface area contributed by atoms with E-state index in [0.717, 1.165) is 11.8 Å². The fourth-order valence-electron chi connectivity index (χ4n) is 1.29. The van der Waals surface area contributed by atoms with Gasteiger partial charge in [0.1, 0.15) is 17.7 Å². The number of Topliss-reactive ketones (excluding diaryl/α,β-unsaturated/α-hetero) is 1. The van der Waals surface area contributed by atoms with Gasteiger partial charge >= 0.3 is 5.97 Å². The first-order valence-electron chi connectivity index (χ1n) is 6.21. The number of ketones is 1. The summed E-state index contributed by atoms with van der Waals surface area (Å²) in [4.78, 5) is 33.8. The first-order chi connectivity index (χ1) is 9.88. The molecule has 0 radical (unpaired) electrons. The van der Waals surface area contributed by atoms with Crippen LogP contribution in [0.5, 0.6) is 0 Å². The maximum absolute atomic E-state index is 12.7. The molecule has 0 heterocycles. The lowest BCUT2D eigenvalue weighted by Crippen LogP contribution is -2.23. The maximum Gasteiger partial charge on any atom is 0.319 e. The SMILES string of the molecule is CC(=O)COC(=O)[C@H](C)SCC(=O)Nc1ccc(F)cc1. The molecule has 0 aliphatic carbocycles. The molecule has 0 bridgehead atoms. The van der Waals surface area contributed by atoms with E-state index >= 15 is 0 Å². The van der Waals surface area contributed by atoms with Crippen molar-refractivity contribution in [2.45, 2.75) is 19.1 Å². The van der Waals surface area contributed by atoms with Crippen LogP contribution in [0.3, 0.4) is 0 Å². The van der Waals surface area contributed by atoms with Crippen molar-refractivity contribution in [1.29, 1.82) is 0 Å². The Morgan fingerprint density at radius 1 is 1.29 bits per heavy atom. The van der Waals surface area contributed by atoms with Crippen molar-refractivity contribution < 1.29 is 23.5 Å². The van der Waals surface area contributed by atoms with Crippen LogP contribution in [-0.2, 0) is 19.1 Å². The van der Waals surface area contributed by atoms with Gasteiger partial charge in [-0.15, -0.1) is 11.8 Å². The number of anilines is 1. The van der Waals surface area contributed by atoms with Crippen LogP contribution in [0.2, 0.25) is 0 Å². The molecule has 0 spiro atoms. The van der Waals surface area contributed by atoms with E-state index in [1.807, 2.05) is 0 Å². The van der Waals surface area contributed by atoms with Crippen molar-refractivity contribution in [3.63, 3.8) is 0 Å². The molecule has 1 N–H and O–H groups in total. The van der Waals surface area contributed by atoms with Gasteiger partial charge in [-0.3, -0.25) is 14.4 Å². The fraction of sp³-hybridized carbons (Fsp3) is 0.357. The minimum absolute atomic E-state index is 0.0493. The second kappa shape index (κ2) is 8.41. The topological polar surface area (TPSA) is 72.5 Å². The summed E-state index contributed by atoms with van der Waals surface area (Å²) in [5.74, 6) is -1.42. The van der Waals surface area contributed by atoms with Crippen molar-refractivity contribution >= 4 is 35.1 Å². The van der Waals surface area contributed by atoms with Crippen LogP contribution in [0.25, 0.3) is 0 Å². The average molecular weight is 313 g/mol. The minimum Gasteiger partial charge on any atom is -0.457 e. The van der Waals surface area contributed by atoms with Crippen LogP contribution in [0.15, 0.2) is 24.3 Å². The van der Waals surface area contributed by atoms with Gasteiger partial charge in [-0.1, -0.05) is 0 Å². The highest BCUT2D eigenvalue weighted by Crippen LogP contribution is 2.14. The van der Waals surface area contributed by atoms with Crippen molar-refractivity contribution in [3.05, 3.63) is 30.1 Å². The Morgan fingerprint density at radius 3 is 2.48 bits per heavy atom. The molecule has 1 aromatic rings. The lowest BCUT2D eigenvalue weighted by molar-refractivity contribution is -0.146. The van der Waals surface area contributed by atoms with Crippen LogP contribution in [0.4, 0.5) is 10.1 Å². The Hall–Kier alpha value is -1.89. The van der Waals surface area contributed by atoms with E-state index in [4.69, 9.17) is 4.74 Å². The molecule has 0 unspecified atom stereocenters. The molecule has 0 aliphatic rings. The fourth-order valence-corrected chi connectivity index (χ4v) is 1.97. The Balaban J connectivity index is 2.33. The number of esters is 1. The van der Waals surface area contributed by atoms with Gasteiger partial charge in [0.25, 0.3) is 0 Å². The number of hydrogen-bond acceptors (Lipinski definition) is 5. The Bertz CT molecular complexity index is 518. The highest BCUT2D eigenvalue weighted by Gasteiger charge is 2.17. The number of nitrogens with one attached hydrogen (secondary N) is 1. The summed E-state index contributed by atoms with van der Waals surface area (Å²) in [5, 5.41) is 2.03. The third kappa shape index (κ3) is 6.89. The van der Waals surface area contributed by atoms with Crippen molar-refractivity contribution in [3.8, 4) is 0 Å². The molecule has 0 saturated carbocycles. The van der Waals surface area contributed by atoms with E-state index in [9.17, 15) is 18.8 Å². The van der Waals surface area contributed by atoms with Crippen molar-refractivity contribution in [2.75, 3.05) is 17.7 Å². The number of halogens is 1. The van der Waals surface area contributed by atoms with E-state index in [1.54, 1.807) is 6.92 Å². The highest BCUT2D eigenvalue weighted by molar-refractivity contribution is 8.01. The van der Waals surface area contributed by atoms with E-state index in [2.05, 4.69) is 5.32 Å². The molecular formula is C14H16FNO4S. The molecule has 0 fully saturated rings. The number of ether oxygens (including phenoxy) is 1. The summed E-state index contributed by atoms with van der Waals surface area (Å²) in [6.07, 6.45) is 0. The van der Waals surface area contributed by atoms with Crippen LogP contribution in [-0.4, -0.2) is 35.3 Å². The molecule has 5 nitrogen and oxygen atoms in total. The summed E-state index contributed by atoms with van der Waals surface area (Å²) in [6.45, 7) is 2.66. The predicted octanol–water partition coefficient (Wildman–Crippen LogP) is 2.02. The van der Waals surface area contributed by atoms with Crippen LogP contribution in [0, 0.1) is 5.82 Å². The van der Waals surface area contributed by atoms with Crippen molar-refractivity contribution in [1.82, 2.24) is 0 Å². The van der Waals surface area contributed by atoms with Gasteiger partial charge in [-0.2, -0.15) is 0 Å². The van der Waals surface area contributed by atoms with Crippen LogP contribution in [0.1, 0.15) is 13.8 Å². The quantitative estimate of drug-likeness (QED) is 0.780. The molecule has 1 amide bonds. The molecular weight excluding hydrogens is 297 g/mol. The summed E-state index contributed by atoms with van der Waals surface area (Å²) in [7, 11) is 0. The van der Waals surface area contributed by atoms with Gasteiger partial charge in [-0.25, -0.2) is 4.39 Å². The van der Waals surface area contributed by atoms with Gasteiger partial charge < -0.3 is 10.1 Å². The van der Waals surface area contributed by atoms with Crippen molar-refractivity contribution in [2.24, 2.45) is 0 Å². The standard InChI is InChI=1S/C14H16FNO4S/c1-9(17)7-20-14(19)10(2)21-8-13(18)16-12-5-3-11(15)4-6-12/h3-6,10H,7-8H2,1-2H3,(H,16,18)/t10-/m0/s1. The molecule has 7 heteroatoms. The molecule has 1 rings (SSSR count). The number of carbonyl (C=O) groups is 3. The molecule has 0 aliphatic heterocycles. The van der Waals surface area contributed by atoms with E-state index in [0.29, 0.717) is 5.69 Å². The number of thioether (sulfide) groups is 1. The smallest absolute Gasteiger partial charge is 0.319 e. The van der Waals surface area contributed by atoms with E-state index in [1.165, 1.54) is 31.2 Å². The third-order valence-electron chi connectivity index (χ3n) is 2.34. The zero-order valence-electron chi connectivity index (χ0n) is 11.7. The molecule has 1 aromatic carbocycles. The summed E-state index contributed by atoms with van der Waals surface area (Å²) in [6, 6.07) is 5.37. The molecule has 114 valence electrons. The normalized spacial score (nSPS) is 11.6. The van der Waals surface area contributed by atoms with Crippen LogP contribution < -0.4 is 5.32 Å². The number of hydrogen-bond donors (Lipinski definition) is 1. The number of benzene rings is 1. The molecule has 0 aromatic heterocycles. The highest BCUT2D eigenvalue weighted by atomic mass is 32.2. The maximum atomic E-state index is 12.7. The first kappa shape index (κ1) is 17.2. The number of rotatable bonds is 7. The Kier molecular flexibility index (Phi) is 6.87. The zero-order chi connectivity index (χ0) is 15.8. The van der Waals surface area contributed by atoms with Crippen LogP contribution >= 0.6 is 11.8 Å². The monoisotopic (exact) mass is 313 g/mol. The number of carbonyl (C=O) groups excluding carboxylic acids is 3. The summed E-state index contributed by atoms with van der Waals surface area (Å²) in [5.41, 5.74) is 0.480. The second-order valence-electron chi connectivity index (χ2n) is 4.32. The lowest BCUT2D eigenvalue weighted by Gasteiger charge is -2.10.